The largest absolute Gasteiger partial charge is 0.297 e. The zero-order valence-electron chi connectivity index (χ0n) is 16.4. The van der Waals surface area contributed by atoms with Gasteiger partial charge >= 0.3 is 0 Å². The fourth-order valence-corrected chi connectivity index (χ4v) is 6.05. The van der Waals surface area contributed by atoms with Crippen LogP contribution < -0.4 is 0 Å². The number of rotatable bonds is 5. The SMILES string of the molecule is CN1OC[C@H](S(=O)(=O)N2CCN(Cc3ccccc3)CC2)[C@@H]1c1ccc(F)cc1. The smallest absolute Gasteiger partial charge is 0.221 e. The molecule has 0 spiro atoms. The fourth-order valence-electron chi connectivity index (χ4n) is 4.11. The van der Waals surface area contributed by atoms with E-state index < -0.39 is 21.3 Å². The maximum Gasteiger partial charge on any atom is 0.221 e. The van der Waals surface area contributed by atoms with Crippen molar-refractivity contribution in [2.45, 2.75) is 17.8 Å². The second kappa shape index (κ2) is 8.49. The summed E-state index contributed by atoms with van der Waals surface area (Å²) in [6.45, 7) is 3.24. The van der Waals surface area contributed by atoms with E-state index >= 15 is 0 Å². The Labute approximate surface area is 171 Å². The molecule has 8 heteroatoms. The van der Waals surface area contributed by atoms with Crippen molar-refractivity contribution in [3.05, 3.63) is 71.5 Å². The predicted molar refractivity (Wildman–Crippen MR) is 109 cm³/mol. The molecule has 2 atom stereocenters. The molecule has 0 saturated carbocycles. The first kappa shape index (κ1) is 20.4. The second-order valence-electron chi connectivity index (χ2n) is 7.58. The van der Waals surface area contributed by atoms with Crippen LogP contribution in [0.25, 0.3) is 0 Å². The molecule has 2 saturated heterocycles. The molecule has 2 aromatic rings. The van der Waals surface area contributed by atoms with E-state index in [1.807, 2.05) is 18.2 Å². The highest BCUT2D eigenvalue weighted by molar-refractivity contribution is 7.89. The molecule has 0 radical (unpaired) electrons. The number of hydrogen-bond donors (Lipinski definition) is 0. The Bertz CT molecular complexity index is 916. The average molecular weight is 420 g/mol. The summed E-state index contributed by atoms with van der Waals surface area (Å²) < 4.78 is 41.6. The van der Waals surface area contributed by atoms with Gasteiger partial charge in [-0.2, -0.15) is 9.37 Å². The van der Waals surface area contributed by atoms with Crippen molar-refractivity contribution in [1.29, 1.82) is 0 Å². The molecule has 4 rings (SSSR count). The van der Waals surface area contributed by atoms with Crippen LogP contribution in [0.15, 0.2) is 54.6 Å². The van der Waals surface area contributed by atoms with Crippen LogP contribution in [0.5, 0.6) is 0 Å². The summed E-state index contributed by atoms with van der Waals surface area (Å²) in [5.74, 6) is -0.343. The topological polar surface area (TPSA) is 53.1 Å². The summed E-state index contributed by atoms with van der Waals surface area (Å²) in [6, 6.07) is 15.7. The first-order valence-corrected chi connectivity index (χ1v) is 11.3. The van der Waals surface area contributed by atoms with Crippen LogP contribution in [0.1, 0.15) is 17.2 Å². The lowest BCUT2D eigenvalue weighted by atomic mass is 10.0. The van der Waals surface area contributed by atoms with Crippen LogP contribution >= 0.6 is 0 Å². The van der Waals surface area contributed by atoms with E-state index in [0.29, 0.717) is 26.2 Å². The van der Waals surface area contributed by atoms with E-state index in [2.05, 4.69) is 17.0 Å². The first-order valence-electron chi connectivity index (χ1n) is 9.81. The van der Waals surface area contributed by atoms with Crippen LogP contribution in [-0.4, -0.2) is 67.8 Å². The van der Waals surface area contributed by atoms with Crippen molar-refractivity contribution in [1.82, 2.24) is 14.3 Å². The van der Waals surface area contributed by atoms with Crippen molar-refractivity contribution < 1.29 is 17.6 Å². The van der Waals surface area contributed by atoms with Crippen LogP contribution in [0.4, 0.5) is 4.39 Å². The number of piperazine rings is 1. The zero-order valence-corrected chi connectivity index (χ0v) is 17.3. The van der Waals surface area contributed by atoms with Crippen molar-refractivity contribution >= 4 is 10.0 Å². The van der Waals surface area contributed by atoms with Gasteiger partial charge in [0.1, 0.15) is 11.1 Å². The van der Waals surface area contributed by atoms with Crippen molar-refractivity contribution in [3.8, 4) is 0 Å². The fraction of sp³-hybridized carbons (Fsp3) is 0.429. The maximum atomic E-state index is 13.4. The number of nitrogens with zero attached hydrogens (tertiary/aromatic N) is 3. The molecule has 2 aromatic carbocycles. The number of benzene rings is 2. The Morgan fingerprint density at radius 2 is 1.66 bits per heavy atom. The molecule has 0 aliphatic carbocycles. The zero-order chi connectivity index (χ0) is 20.4. The number of halogens is 1. The highest BCUT2D eigenvalue weighted by Crippen LogP contribution is 2.35. The Hall–Kier alpha value is -1.84. The molecular weight excluding hydrogens is 393 g/mol. The van der Waals surface area contributed by atoms with E-state index in [-0.39, 0.29) is 12.4 Å². The van der Waals surface area contributed by atoms with Gasteiger partial charge in [-0.1, -0.05) is 42.5 Å². The minimum Gasteiger partial charge on any atom is -0.297 e. The predicted octanol–water partition coefficient (Wildman–Crippen LogP) is 2.26. The second-order valence-corrected chi connectivity index (χ2v) is 9.73. The van der Waals surface area contributed by atoms with Gasteiger partial charge in [-0.25, -0.2) is 12.8 Å². The van der Waals surface area contributed by atoms with E-state index in [9.17, 15) is 12.8 Å². The molecule has 0 N–H and O–H groups in total. The Morgan fingerprint density at radius 1 is 1.00 bits per heavy atom. The van der Waals surface area contributed by atoms with Gasteiger partial charge in [0.15, 0.2) is 0 Å². The van der Waals surface area contributed by atoms with Gasteiger partial charge in [-0.05, 0) is 23.3 Å². The quantitative estimate of drug-likeness (QED) is 0.744. The average Bonchev–Trinajstić information content (AvgIpc) is 3.12. The summed E-state index contributed by atoms with van der Waals surface area (Å²) in [5.41, 5.74) is 1.97. The van der Waals surface area contributed by atoms with Crippen molar-refractivity contribution in [3.63, 3.8) is 0 Å². The van der Waals surface area contributed by atoms with Crippen LogP contribution in [0.2, 0.25) is 0 Å². The number of sulfonamides is 1. The Kier molecular flexibility index (Phi) is 5.98. The van der Waals surface area contributed by atoms with Crippen molar-refractivity contribution in [2.75, 3.05) is 39.8 Å². The summed E-state index contributed by atoms with van der Waals surface area (Å²) in [7, 11) is -1.83. The molecular formula is C21H26FN3O3S. The normalized spacial score (nSPS) is 24.8. The van der Waals surface area contributed by atoms with E-state index in [4.69, 9.17) is 4.84 Å². The molecule has 2 aliphatic heterocycles. The number of hydrogen-bond acceptors (Lipinski definition) is 5. The van der Waals surface area contributed by atoms with Crippen molar-refractivity contribution in [2.24, 2.45) is 0 Å². The third-order valence-corrected chi connectivity index (χ3v) is 7.96. The lowest BCUT2D eigenvalue weighted by Crippen LogP contribution is -2.51. The Morgan fingerprint density at radius 3 is 2.31 bits per heavy atom. The molecule has 2 heterocycles. The molecule has 6 nitrogen and oxygen atoms in total. The Balaban J connectivity index is 1.44. The van der Waals surface area contributed by atoms with Gasteiger partial charge in [-0.15, -0.1) is 0 Å². The van der Waals surface area contributed by atoms with Gasteiger partial charge < -0.3 is 0 Å². The molecule has 156 valence electrons. The third-order valence-electron chi connectivity index (χ3n) is 5.72. The van der Waals surface area contributed by atoms with Gasteiger partial charge in [0.05, 0.1) is 12.6 Å². The minimum atomic E-state index is -3.55. The molecule has 0 bridgehead atoms. The summed E-state index contributed by atoms with van der Waals surface area (Å²) >= 11 is 0. The first-order chi connectivity index (χ1) is 13.9. The minimum absolute atomic E-state index is 0.102. The van der Waals surface area contributed by atoms with Crippen LogP contribution in [-0.2, 0) is 21.4 Å². The number of hydroxylamine groups is 2. The van der Waals surface area contributed by atoms with Gasteiger partial charge in [0.25, 0.3) is 0 Å². The monoisotopic (exact) mass is 419 g/mol. The standard InChI is InChI=1S/C21H26FN3O3S/c1-23-21(18-7-9-19(22)10-8-18)20(16-28-23)29(26,27)25-13-11-24(12-14-25)15-17-5-3-2-4-6-17/h2-10,20-21H,11-16H2,1H3/t20-,21-/m0/s1. The summed E-state index contributed by atoms with van der Waals surface area (Å²) in [4.78, 5) is 7.84. The summed E-state index contributed by atoms with van der Waals surface area (Å²) in [6.07, 6.45) is 0. The van der Waals surface area contributed by atoms with Gasteiger partial charge in [0, 0.05) is 39.8 Å². The highest BCUT2D eigenvalue weighted by atomic mass is 32.2. The molecule has 2 aliphatic rings. The lowest BCUT2D eigenvalue weighted by Gasteiger charge is -2.36. The van der Waals surface area contributed by atoms with Gasteiger partial charge in [-0.3, -0.25) is 9.74 Å². The van der Waals surface area contributed by atoms with E-state index in [1.165, 1.54) is 17.7 Å². The molecule has 0 unspecified atom stereocenters. The molecule has 2 fully saturated rings. The van der Waals surface area contributed by atoms with Crippen LogP contribution in [0.3, 0.4) is 0 Å². The van der Waals surface area contributed by atoms with E-state index in [0.717, 1.165) is 12.1 Å². The molecule has 29 heavy (non-hydrogen) atoms. The van der Waals surface area contributed by atoms with Gasteiger partial charge in [0.2, 0.25) is 10.0 Å². The summed E-state index contributed by atoms with van der Waals surface area (Å²) in [5, 5.41) is 0.861. The highest BCUT2D eigenvalue weighted by Gasteiger charge is 2.46. The maximum absolute atomic E-state index is 13.4. The van der Waals surface area contributed by atoms with E-state index in [1.54, 1.807) is 28.5 Å². The lowest BCUT2D eigenvalue weighted by molar-refractivity contribution is -0.110. The molecule has 0 aromatic heterocycles. The van der Waals surface area contributed by atoms with Crippen LogP contribution in [0, 0.1) is 5.82 Å². The third kappa shape index (κ3) is 4.36. The molecule has 0 amide bonds.